The van der Waals surface area contributed by atoms with Gasteiger partial charge in [0.05, 0.1) is 13.2 Å². The molecule has 0 saturated heterocycles. The van der Waals surface area contributed by atoms with Gasteiger partial charge in [0.1, 0.15) is 5.84 Å². The quantitative estimate of drug-likeness (QED) is 0.110. The summed E-state index contributed by atoms with van der Waals surface area (Å²) in [6, 6.07) is 8.48. The summed E-state index contributed by atoms with van der Waals surface area (Å²) in [7, 11) is -5.88. The Labute approximate surface area is 204 Å². The van der Waals surface area contributed by atoms with Gasteiger partial charge >= 0.3 is 15.2 Å². The van der Waals surface area contributed by atoms with Crippen LogP contribution in [0.25, 0.3) is 0 Å². The fraction of sp³-hybridized carbons (Fsp3) is 0.652. The molecule has 1 unspecified atom stereocenters. The average molecular weight is 519 g/mol. The molecule has 0 aliphatic carbocycles. The molecule has 0 radical (unpaired) electrons. The molecule has 0 spiro atoms. The molecule has 1 aromatic carbocycles. The maximum atomic E-state index is 14.3. The predicted molar refractivity (Wildman–Crippen MR) is 136 cm³/mol. The third-order valence-electron chi connectivity index (χ3n) is 5.20. The molecule has 1 rings (SSSR count). The lowest BCUT2D eigenvalue weighted by atomic mass is 10.2. The van der Waals surface area contributed by atoms with Crippen molar-refractivity contribution in [3.05, 3.63) is 35.9 Å². The van der Waals surface area contributed by atoms with E-state index in [9.17, 15) is 13.9 Å². The van der Waals surface area contributed by atoms with Crippen molar-refractivity contribution in [1.82, 2.24) is 4.90 Å². The first kappa shape index (κ1) is 30.7. The molecule has 34 heavy (non-hydrogen) atoms. The van der Waals surface area contributed by atoms with Crippen LogP contribution in [0.2, 0.25) is 0 Å². The Balaban J connectivity index is 3.77. The van der Waals surface area contributed by atoms with Gasteiger partial charge in [-0.05, 0) is 38.8 Å². The summed E-state index contributed by atoms with van der Waals surface area (Å²) in [6.07, 6.45) is 2.85. The van der Waals surface area contributed by atoms with Gasteiger partial charge in [-0.3, -0.25) is 13.9 Å². The second kappa shape index (κ2) is 15.6. The topological polar surface area (TPSA) is 104 Å². The zero-order valence-electron chi connectivity index (χ0n) is 21.3. The fourth-order valence-corrected chi connectivity index (χ4v) is 8.20. The molecule has 194 valence electrons. The Morgan fingerprint density at radius 1 is 0.882 bits per heavy atom. The maximum absolute atomic E-state index is 14.3. The molecule has 0 heterocycles. The van der Waals surface area contributed by atoms with Crippen molar-refractivity contribution in [1.29, 1.82) is 0 Å². The lowest BCUT2D eigenvalue weighted by molar-refractivity contribution is 0.100. The second-order valence-electron chi connectivity index (χ2n) is 7.51. The highest BCUT2D eigenvalue weighted by atomic mass is 31.2. The fourth-order valence-electron chi connectivity index (χ4n) is 3.17. The van der Waals surface area contributed by atoms with Crippen LogP contribution in [-0.4, -0.2) is 62.6 Å². The van der Waals surface area contributed by atoms with Crippen molar-refractivity contribution < 1.29 is 32.0 Å². The highest BCUT2D eigenvalue weighted by Gasteiger charge is 2.55. The third kappa shape index (κ3) is 8.40. The van der Waals surface area contributed by atoms with Crippen molar-refractivity contribution in [3.8, 4) is 0 Å². The van der Waals surface area contributed by atoms with Gasteiger partial charge in [0.25, 0.3) is 5.91 Å². The van der Waals surface area contributed by atoms with Crippen LogP contribution in [0.1, 0.15) is 63.7 Å². The highest BCUT2D eigenvalue weighted by molar-refractivity contribution is 7.74. The molecular weight excluding hydrogens is 478 g/mol. The summed E-state index contributed by atoms with van der Waals surface area (Å²) in [5.74, 6) is -0.567. The molecule has 0 aliphatic rings. The molecule has 0 aliphatic heterocycles. The Kier molecular flexibility index (Phi) is 14.1. The second-order valence-corrected chi connectivity index (χ2v) is 12.4. The summed E-state index contributed by atoms with van der Waals surface area (Å²) in [5, 5.41) is -1.53. The summed E-state index contributed by atoms with van der Waals surface area (Å²) in [4.78, 5) is 19.1. The number of carbonyl (C=O) groups is 1. The van der Waals surface area contributed by atoms with Crippen LogP contribution in [0.3, 0.4) is 0 Å². The van der Waals surface area contributed by atoms with Crippen molar-refractivity contribution in [2.45, 2.75) is 58.8 Å². The zero-order chi connectivity index (χ0) is 25.6. The molecule has 11 heteroatoms. The SMILES string of the molecule is CCCCOP(=O)(OCCCC)C(C(=NC(=O)c1ccccc1)N(CC)CC)P(=O)(OC)OC. The van der Waals surface area contributed by atoms with Gasteiger partial charge < -0.3 is 23.0 Å². The van der Waals surface area contributed by atoms with E-state index >= 15 is 0 Å². The summed E-state index contributed by atoms with van der Waals surface area (Å²) < 4.78 is 50.4. The van der Waals surface area contributed by atoms with Gasteiger partial charge in [0.15, 0.2) is 0 Å². The van der Waals surface area contributed by atoms with Crippen molar-refractivity contribution in [3.63, 3.8) is 0 Å². The van der Waals surface area contributed by atoms with Crippen LogP contribution in [0.15, 0.2) is 35.3 Å². The number of amidine groups is 1. The number of nitrogens with zero attached hydrogens (tertiary/aromatic N) is 2. The van der Waals surface area contributed by atoms with Gasteiger partial charge in [0.2, 0.25) is 5.40 Å². The number of rotatable bonds is 16. The van der Waals surface area contributed by atoms with Gasteiger partial charge in [-0.15, -0.1) is 0 Å². The van der Waals surface area contributed by atoms with Crippen LogP contribution in [0.4, 0.5) is 0 Å². The largest absolute Gasteiger partial charge is 0.359 e. The van der Waals surface area contributed by atoms with E-state index in [1.54, 1.807) is 35.2 Å². The molecule has 1 amide bonds. The first-order valence-corrected chi connectivity index (χ1v) is 15.0. The van der Waals surface area contributed by atoms with E-state index in [1.165, 1.54) is 14.2 Å². The standard InChI is InChI=1S/C23H40N2O7P2/c1-7-11-18-31-34(28,32-19-12-8-2)23(33(27,29-5)30-6)21(25(9-3)10-4)24-22(26)20-16-14-13-15-17-20/h13-17,23H,7-12,18-19H2,1-6H3. The Morgan fingerprint density at radius 2 is 1.38 bits per heavy atom. The first-order chi connectivity index (χ1) is 16.3. The zero-order valence-corrected chi connectivity index (χ0v) is 23.1. The normalized spacial score (nSPS) is 13.6. The van der Waals surface area contributed by atoms with E-state index < -0.39 is 26.5 Å². The average Bonchev–Trinajstić information content (AvgIpc) is 2.85. The number of amides is 1. The Bertz CT molecular complexity index is 838. The molecule has 0 aromatic heterocycles. The Morgan fingerprint density at radius 3 is 1.79 bits per heavy atom. The number of hydrogen-bond acceptors (Lipinski definition) is 7. The van der Waals surface area contributed by atoms with E-state index in [0.717, 1.165) is 12.8 Å². The minimum atomic E-state index is -4.17. The van der Waals surface area contributed by atoms with Gasteiger partial charge in [-0.1, -0.05) is 44.9 Å². The van der Waals surface area contributed by atoms with E-state index in [-0.39, 0.29) is 19.0 Å². The molecule has 1 aromatic rings. The first-order valence-electron chi connectivity index (χ1n) is 11.8. The van der Waals surface area contributed by atoms with E-state index in [4.69, 9.17) is 18.1 Å². The van der Waals surface area contributed by atoms with Gasteiger partial charge in [0, 0.05) is 32.9 Å². The maximum Gasteiger partial charge on any atom is 0.353 e. The number of hydrogen-bond donors (Lipinski definition) is 0. The minimum Gasteiger partial charge on any atom is -0.359 e. The molecule has 1 atom stereocenters. The third-order valence-corrected chi connectivity index (χ3v) is 10.7. The number of aliphatic imine (C=N–C) groups is 1. The monoisotopic (exact) mass is 518 g/mol. The summed E-state index contributed by atoms with van der Waals surface area (Å²) in [5.41, 5.74) is 0.337. The number of carbonyl (C=O) groups excluding carboxylic acids is 1. The molecular formula is C23H40N2O7P2. The Hall–Kier alpha value is -1.34. The van der Waals surface area contributed by atoms with E-state index in [1.807, 2.05) is 27.7 Å². The molecule has 0 N–H and O–H groups in total. The number of benzene rings is 1. The summed E-state index contributed by atoms with van der Waals surface area (Å²) in [6.45, 7) is 8.73. The lowest BCUT2D eigenvalue weighted by Gasteiger charge is -2.35. The lowest BCUT2D eigenvalue weighted by Crippen LogP contribution is -2.41. The summed E-state index contributed by atoms with van der Waals surface area (Å²) >= 11 is 0. The van der Waals surface area contributed by atoms with E-state index in [0.29, 0.717) is 31.5 Å². The van der Waals surface area contributed by atoms with Crippen LogP contribution in [-0.2, 0) is 27.2 Å². The van der Waals surface area contributed by atoms with E-state index in [2.05, 4.69) is 4.99 Å². The minimum absolute atomic E-state index is 0.00205. The number of unbranched alkanes of at least 4 members (excludes halogenated alkanes) is 2. The predicted octanol–water partition coefficient (Wildman–Crippen LogP) is 6.21. The van der Waals surface area contributed by atoms with Crippen LogP contribution in [0.5, 0.6) is 0 Å². The smallest absolute Gasteiger partial charge is 0.353 e. The van der Waals surface area contributed by atoms with Crippen molar-refractivity contribution in [2.24, 2.45) is 4.99 Å². The van der Waals surface area contributed by atoms with Crippen LogP contribution in [0, 0.1) is 0 Å². The van der Waals surface area contributed by atoms with Gasteiger partial charge in [-0.2, -0.15) is 4.99 Å². The van der Waals surface area contributed by atoms with Crippen LogP contribution < -0.4 is 0 Å². The highest BCUT2D eigenvalue weighted by Crippen LogP contribution is 2.70. The molecule has 9 nitrogen and oxygen atoms in total. The molecule has 0 bridgehead atoms. The molecule has 0 fully saturated rings. The van der Waals surface area contributed by atoms with Crippen molar-refractivity contribution in [2.75, 3.05) is 40.5 Å². The molecule has 0 saturated carbocycles. The van der Waals surface area contributed by atoms with Crippen LogP contribution >= 0.6 is 15.2 Å². The van der Waals surface area contributed by atoms with Crippen molar-refractivity contribution >= 4 is 26.9 Å². The van der Waals surface area contributed by atoms with Gasteiger partial charge in [-0.25, -0.2) is 0 Å².